The normalized spacial score (nSPS) is 28.3. The third-order valence-electron chi connectivity index (χ3n) is 4.04. The Morgan fingerprint density at radius 1 is 1.33 bits per heavy atom. The maximum absolute atomic E-state index is 12.3. The van der Waals surface area contributed by atoms with Gasteiger partial charge in [0.1, 0.15) is 5.76 Å². The fourth-order valence-corrected chi connectivity index (χ4v) is 4.23. The number of hydrogen-bond acceptors (Lipinski definition) is 5. The van der Waals surface area contributed by atoms with E-state index in [4.69, 9.17) is 9.15 Å². The molecule has 3 heterocycles. The molecule has 2 N–H and O–H groups in total. The predicted molar refractivity (Wildman–Crippen MR) is 77.3 cm³/mol. The third kappa shape index (κ3) is 3.31. The molecule has 0 aliphatic carbocycles. The Morgan fingerprint density at radius 2 is 2.19 bits per heavy atom. The van der Waals surface area contributed by atoms with Crippen molar-refractivity contribution in [3.63, 3.8) is 0 Å². The van der Waals surface area contributed by atoms with Crippen molar-refractivity contribution in [2.45, 2.75) is 62.5 Å². The first-order valence-corrected chi connectivity index (χ1v) is 9.04. The van der Waals surface area contributed by atoms with Gasteiger partial charge in [0.05, 0.1) is 24.8 Å². The summed E-state index contributed by atoms with van der Waals surface area (Å²) in [7, 11) is -3.60. The number of ether oxygens (including phenoxy) is 1. The van der Waals surface area contributed by atoms with Crippen molar-refractivity contribution in [1.29, 1.82) is 0 Å². The van der Waals surface area contributed by atoms with Gasteiger partial charge in [-0.2, -0.15) is 0 Å². The van der Waals surface area contributed by atoms with Crippen LogP contribution in [0.5, 0.6) is 0 Å². The molecule has 2 saturated heterocycles. The van der Waals surface area contributed by atoms with Crippen molar-refractivity contribution < 1.29 is 17.6 Å². The first kappa shape index (κ1) is 15.0. The lowest BCUT2D eigenvalue weighted by molar-refractivity contribution is 0.0995. The summed E-state index contributed by atoms with van der Waals surface area (Å²) in [5.41, 5.74) is 0. The van der Waals surface area contributed by atoms with E-state index in [9.17, 15) is 8.42 Å². The molecule has 3 atom stereocenters. The minimum atomic E-state index is -3.60. The van der Waals surface area contributed by atoms with E-state index in [2.05, 4.69) is 17.0 Å². The summed E-state index contributed by atoms with van der Waals surface area (Å²) >= 11 is 0. The summed E-state index contributed by atoms with van der Waals surface area (Å²) in [6.07, 6.45) is 3.99. The molecule has 2 bridgehead atoms. The summed E-state index contributed by atoms with van der Waals surface area (Å²) in [5, 5.41) is 3.17. The number of furan rings is 1. The molecular weight excluding hydrogens is 292 g/mol. The molecule has 118 valence electrons. The molecule has 0 amide bonds. The molecular formula is C14H22N2O4S. The van der Waals surface area contributed by atoms with Crippen LogP contribution < -0.4 is 10.0 Å². The van der Waals surface area contributed by atoms with Gasteiger partial charge in [0.2, 0.25) is 5.09 Å². The Hall–Kier alpha value is -0.890. The average molecular weight is 314 g/mol. The first-order valence-electron chi connectivity index (χ1n) is 7.55. The molecule has 6 nitrogen and oxygen atoms in total. The zero-order valence-corrected chi connectivity index (χ0v) is 13.0. The van der Waals surface area contributed by atoms with Crippen LogP contribution in [0.15, 0.2) is 21.6 Å². The van der Waals surface area contributed by atoms with Gasteiger partial charge >= 0.3 is 0 Å². The standard InChI is InChI=1S/C14H22N2O4S/c1-2-7-15-9-11-4-6-14(20-11)21(17,18)16-12-8-10-3-5-13(12)19-10/h4,6,10,12-13,15-16H,2-3,5,7-9H2,1H3. The predicted octanol–water partition coefficient (Wildman–Crippen LogP) is 1.38. The minimum Gasteiger partial charge on any atom is -0.447 e. The molecule has 2 aliphatic rings. The number of hydrogen-bond donors (Lipinski definition) is 2. The molecule has 21 heavy (non-hydrogen) atoms. The van der Waals surface area contributed by atoms with E-state index >= 15 is 0 Å². The topological polar surface area (TPSA) is 80.6 Å². The van der Waals surface area contributed by atoms with Gasteiger partial charge in [-0.25, -0.2) is 13.1 Å². The zero-order valence-electron chi connectivity index (χ0n) is 12.2. The summed E-state index contributed by atoms with van der Waals surface area (Å²) in [6.45, 7) is 3.50. The third-order valence-corrected chi connectivity index (χ3v) is 5.40. The van der Waals surface area contributed by atoms with E-state index < -0.39 is 10.0 Å². The average Bonchev–Trinajstić information content (AvgIpc) is 3.13. The number of nitrogens with one attached hydrogen (secondary N) is 2. The molecule has 7 heteroatoms. The fraction of sp³-hybridized carbons (Fsp3) is 0.714. The Labute approximate surface area is 125 Å². The van der Waals surface area contributed by atoms with Gasteiger partial charge in [0.15, 0.2) is 0 Å². The minimum absolute atomic E-state index is 0.0152. The summed E-state index contributed by atoms with van der Waals surface area (Å²) in [6, 6.07) is 3.09. The molecule has 0 radical (unpaired) electrons. The van der Waals surface area contributed by atoms with E-state index in [1.807, 2.05) is 0 Å². The maximum atomic E-state index is 12.3. The van der Waals surface area contributed by atoms with Crippen LogP contribution >= 0.6 is 0 Å². The lowest BCUT2D eigenvalue weighted by Crippen LogP contribution is -2.41. The van der Waals surface area contributed by atoms with Crippen LogP contribution in [-0.4, -0.2) is 33.2 Å². The molecule has 3 rings (SSSR count). The van der Waals surface area contributed by atoms with Gasteiger partial charge in [-0.3, -0.25) is 0 Å². The molecule has 0 saturated carbocycles. The van der Waals surface area contributed by atoms with Crippen molar-refractivity contribution in [1.82, 2.24) is 10.0 Å². The van der Waals surface area contributed by atoms with Crippen molar-refractivity contribution in [3.05, 3.63) is 17.9 Å². The molecule has 1 aromatic rings. The Balaban J connectivity index is 1.62. The molecule has 2 fully saturated rings. The van der Waals surface area contributed by atoms with E-state index in [0.717, 1.165) is 32.2 Å². The highest BCUT2D eigenvalue weighted by atomic mass is 32.2. The molecule has 0 spiro atoms. The Kier molecular flexibility index (Phi) is 4.35. The highest BCUT2D eigenvalue weighted by Gasteiger charge is 2.42. The second kappa shape index (κ2) is 6.08. The maximum Gasteiger partial charge on any atom is 0.274 e. The van der Waals surface area contributed by atoms with Crippen LogP contribution in [0.2, 0.25) is 0 Å². The van der Waals surface area contributed by atoms with Gasteiger partial charge < -0.3 is 14.5 Å². The SMILES string of the molecule is CCCNCc1ccc(S(=O)(=O)NC2CC3CCC2O3)o1. The van der Waals surface area contributed by atoms with Gasteiger partial charge in [-0.15, -0.1) is 0 Å². The van der Waals surface area contributed by atoms with Crippen molar-refractivity contribution in [2.24, 2.45) is 0 Å². The van der Waals surface area contributed by atoms with Gasteiger partial charge in [-0.05, 0) is 44.4 Å². The lowest BCUT2D eigenvalue weighted by Gasteiger charge is -2.19. The molecule has 2 aliphatic heterocycles. The smallest absolute Gasteiger partial charge is 0.274 e. The van der Waals surface area contributed by atoms with Crippen LogP contribution in [-0.2, 0) is 21.3 Å². The Bertz CT molecular complexity index is 584. The van der Waals surface area contributed by atoms with E-state index in [-0.39, 0.29) is 23.3 Å². The highest BCUT2D eigenvalue weighted by molar-refractivity contribution is 7.89. The van der Waals surface area contributed by atoms with Crippen LogP contribution in [0.3, 0.4) is 0 Å². The van der Waals surface area contributed by atoms with E-state index in [1.54, 1.807) is 6.07 Å². The summed E-state index contributed by atoms with van der Waals surface area (Å²) in [5.74, 6) is 0.632. The monoisotopic (exact) mass is 314 g/mol. The van der Waals surface area contributed by atoms with Crippen molar-refractivity contribution in [2.75, 3.05) is 6.54 Å². The van der Waals surface area contributed by atoms with Crippen LogP contribution in [0.25, 0.3) is 0 Å². The van der Waals surface area contributed by atoms with Crippen molar-refractivity contribution >= 4 is 10.0 Å². The fourth-order valence-electron chi connectivity index (χ4n) is 3.01. The van der Waals surface area contributed by atoms with Crippen molar-refractivity contribution in [3.8, 4) is 0 Å². The quantitative estimate of drug-likeness (QED) is 0.743. The molecule has 0 aromatic carbocycles. The zero-order chi connectivity index (χ0) is 14.9. The first-order chi connectivity index (χ1) is 10.1. The van der Waals surface area contributed by atoms with Gasteiger partial charge in [0, 0.05) is 0 Å². The molecule has 3 unspecified atom stereocenters. The second-order valence-electron chi connectivity index (χ2n) is 5.73. The number of rotatable bonds is 7. The van der Waals surface area contributed by atoms with Gasteiger partial charge in [-0.1, -0.05) is 6.92 Å². The number of sulfonamides is 1. The van der Waals surface area contributed by atoms with E-state index in [0.29, 0.717) is 12.3 Å². The second-order valence-corrected chi connectivity index (χ2v) is 7.38. The highest BCUT2D eigenvalue weighted by Crippen LogP contribution is 2.35. The Morgan fingerprint density at radius 3 is 2.86 bits per heavy atom. The van der Waals surface area contributed by atoms with Crippen LogP contribution in [0.4, 0.5) is 0 Å². The summed E-state index contributed by atoms with van der Waals surface area (Å²) in [4.78, 5) is 0. The lowest BCUT2D eigenvalue weighted by atomic mass is 9.96. The number of fused-ring (bicyclic) bond motifs is 2. The van der Waals surface area contributed by atoms with Crippen LogP contribution in [0, 0.1) is 0 Å². The van der Waals surface area contributed by atoms with E-state index in [1.165, 1.54) is 6.07 Å². The largest absolute Gasteiger partial charge is 0.447 e. The molecule has 1 aromatic heterocycles. The summed E-state index contributed by atoms with van der Waals surface area (Å²) < 4.78 is 38.5. The van der Waals surface area contributed by atoms with Gasteiger partial charge in [0.25, 0.3) is 10.0 Å². The van der Waals surface area contributed by atoms with Crippen LogP contribution in [0.1, 0.15) is 38.4 Å².